The fraction of sp³-hybridized carbons (Fsp3) is 0.567. The van der Waals surface area contributed by atoms with Crippen LogP contribution in [-0.2, 0) is 14.9 Å². The molecular weight excluding hydrogens is 537 g/mol. The standard InChI is InChI=1S/C18H28F3NO3.C12H15N3O/c1-5-9-25-10-8-22-13-6-7-15(23)14(11-13)16(2,3)12-17(4,24)18(19,20)21;1-9-6-10-7-12(13-8-11(10)14-9)15-2-4-16-5-3-15/h6-7,11,22-24H,5,8-10,12H2,1-4H3;6-8,14H,2-5H2,1H3. The lowest BCUT2D eigenvalue weighted by Gasteiger charge is -2.35. The highest BCUT2D eigenvalue weighted by atomic mass is 19.4. The highest BCUT2D eigenvalue weighted by Crippen LogP contribution is 2.43. The molecule has 0 saturated carbocycles. The lowest BCUT2D eigenvalue weighted by molar-refractivity contribution is -0.259. The first-order valence-electron chi connectivity index (χ1n) is 14.0. The van der Waals surface area contributed by atoms with E-state index in [1.807, 2.05) is 13.1 Å². The molecule has 4 N–H and O–H groups in total. The third-order valence-electron chi connectivity index (χ3n) is 7.01. The normalized spacial score (nSPS) is 15.8. The number of phenolic OH excluding ortho intramolecular Hbond substituents is 1. The molecule has 1 aliphatic rings. The molecule has 0 bridgehead atoms. The summed E-state index contributed by atoms with van der Waals surface area (Å²) in [5.74, 6) is 0.950. The molecule has 8 nitrogen and oxygen atoms in total. The number of H-pyrrole nitrogens is 1. The third kappa shape index (κ3) is 8.98. The van der Waals surface area contributed by atoms with E-state index in [9.17, 15) is 23.4 Å². The Morgan fingerprint density at radius 2 is 1.80 bits per heavy atom. The maximum atomic E-state index is 13.0. The first-order valence-corrected chi connectivity index (χ1v) is 14.0. The van der Waals surface area contributed by atoms with Crippen LogP contribution in [0.5, 0.6) is 5.75 Å². The molecule has 2 aromatic heterocycles. The first kappa shape index (κ1) is 32.5. The van der Waals surface area contributed by atoms with Gasteiger partial charge in [0.2, 0.25) is 0 Å². The Labute approximate surface area is 239 Å². The van der Waals surface area contributed by atoms with Crippen molar-refractivity contribution in [3.8, 4) is 5.75 Å². The molecule has 1 fully saturated rings. The van der Waals surface area contributed by atoms with Crippen molar-refractivity contribution < 1.29 is 32.9 Å². The predicted octanol–water partition coefficient (Wildman–Crippen LogP) is 5.92. The van der Waals surface area contributed by atoms with Gasteiger partial charge in [-0.05, 0) is 62.4 Å². The molecular formula is C30H43F3N4O4. The summed E-state index contributed by atoms with van der Waals surface area (Å²) in [4.78, 5) is 10.0. The van der Waals surface area contributed by atoms with E-state index in [2.05, 4.69) is 39.2 Å². The summed E-state index contributed by atoms with van der Waals surface area (Å²) in [5, 5.41) is 24.2. The highest BCUT2D eigenvalue weighted by Gasteiger charge is 2.52. The zero-order valence-corrected chi connectivity index (χ0v) is 24.6. The number of pyridine rings is 1. The number of aliphatic hydroxyl groups is 1. The van der Waals surface area contributed by atoms with Crippen LogP contribution >= 0.6 is 0 Å². The summed E-state index contributed by atoms with van der Waals surface area (Å²) in [5.41, 5.74) is -0.630. The van der Waals surface area contributed by atoms with Crippen molar-refractivity contribution in [3.63, 3.8) is 0 Å². The van der Waals surface area contributed by atoms with Crippen molar-refractivity contribution in [1.82, 2.24) is 9.97 Å². The fourth-order valence-electron chi connectivity index (χ4n) is 4.89. The number of aryl methyl sites for hydroxylation is 1. The van der Waals surface area contributed by atoms with Crippen LogP contribution in [0.4, 0.5) is 24.7 Å². The van der Waals surface area contributed by atoms with Gasteiger partial charge in [0.05, 0.1) is 31.5 Å². The lowest BCUT2D eigenvalue weighted by Crippen LogP contribution is -2.46. The summed E-state index contributed by atoms with van der Waals surface area (Å²) in [6.07, 6.45) is -2.48. The number of alkyl halides is 3. The van der Waals surface area contributed by atoms with Crippen molar-refractivity contribution in [2.75, 3.05) is 56.3 Å². The van der Waals surface area contributed by atoms with Crippen LogP contribution in [0.3, 0.4) is 0 Å². The van der Waals surface area contributed by atoms with Gasteiger partial charge >= 0.3 is 6.18 Å². The monoisotopic (exact) mass is 580 g/mol. The number of aromatic hydroxyl groups is 1. The number of aromatic nitrogens is 2. The molecule has 1 unspecified atom stereocenters. The molecule has 1 saturated heterocycles. The second kappa shape index (κ2) is 13.8. The van der Waals surface area contributed by atoms with Gasteiger partial charge in [-0.25, -0.2) is 4.98 Å². The SMILES string of the molecule is CCCOCCNc1ccc(O)c(C(C)(C)CC(C)(O)C(F)(F)F)c1.Cc1cc2cc(N3CCOCC3)ncc2[nH]1. The number of nitrogens with zero attached hydrogens (tertiary/aromatic N) is 2. The number of hydrogen-bond acceptors (Lipinski definition) is 7. The molecule has 3 heterocycles. The minimum Gasteiger partial charge on any atom is -0.508 e. The first-order chi connectivity index (χ1) is 19.2. The van der Waals surface area contributed by atoms with E-state index in [0.717, 1.165) is 51.0 Å². The van der Waals surface area contributed by atoms with Crippen LogP contribution in [-0.4, -0.2) is 78.0 Å². The van der Waals surface area contributed by atoms with Crippen molar-refractivity contribution in [2.45, 2.75) is 64.7 Å². The van der Waals surface area contributed by atoms with Crippen molar-refractivity contribution in [2.24, 2.45) is 0 Å². The Hall–Kier alpha value is -3.02. The maximum absolute atomic E-state index is 13.0. The minimum atomic E-state index is -4.74. The Bertz CT molecular complexity index is 1250. The second-order valence-corrected chi connectivity index (χ2v) is 11.3. The van der Waals surface area contributed by atoms with Crippen LogP contribution < -0.4 is 10.2 Å². The van der Waals surface area contributed by atoms with E-state index in [0.29, 0.717) is 31.0 Å². The van der Waals surface area contributed by atoms with Crippen LogP contribution in [0.15, 0.2) is 36.5 Å². The smallest absolute Gasteiger partial charge is 0.416 e. The molecule has 1 aliphatic heterocycles. The van der Waals surface area contributed by atoms with Gasteiger partial charge in [-0.1, -0.05) is 20.8 Å². The molecule has 0 amide bonds. The molecule has 1 atom stereocenters. The van der Waals surface area contributed by atoms with E-state index >= 15 is 0 Å². The lowest BCUT2D eigenvalue weighted by atomic mass is 9.75. The van der Waals surface area contributed by atoms with Gasteiger partial charge in [0, 0.05) is 48.6 Å². The average Bonchev–Trinajstić information content (AvgIpc) is 3.28. The molecule has 41 heavy (non-hydrogen) atoms. The number of nitrogens with one attached hydrogen (secondary N) is 2. The number of benzene rings is 1. The summed E-state index contributed by atoms with van der Waals surface area (Å²) in [6, 6.07) is 9.00. The number of fused-ring (bicyclic) bond motifs is 1. The van der Waals surface area contributed by atoms with Crippen LogP contribution in [0, 0.1) is 6.92 Å². The van der Waals surface area contributed by atoms with Gasteiger partial charge in [-0.3, -0.25) is 0 Å². The van der Waals surface area contributed by atoms with Crippen molar-refractivity contribution in [1.29, 1.82) is 0 Å². The molecule has 1 aromatic carbocycles. The zero-order chi connectivity index (χ0) is 30.3. The largest absolute Gasteiger partial charge is 0.508 e. The Morgan fingerprint density at radius 3 is 2.46 bits per heavy atom. The van der Waals surface area contributed by atoms with Gasteiger partial charge in [0.1, 0.15) is 11.6 Å². The number of anilines is 2. The summed E-state index contributed by atoms with van der Waals surface area (Å²) >= 11 is 0. The van der Waals surface area contributed by atoms with Crippen LogP contribution in [0.25, 0.3) is 10.9 Å². The van der Waals surface area contributed by atoms with Crippen molar-refractivity contribution >= 4 is 22.4 Å². The fourth-order valence-corrected chi connectivity index (χ4v) is 4.89. The second-order valence-electron chi connectivity index (χ2n) is 11.3. The molecule has 11 heteroatoms. The number of phenols is 1. The topological polar surface area (TPSA) is 103 Å². The number of morpholine rings is 1. The van der Waals surface area contributed by atoms with Crippen LogP contribution in [0.2, 0.25) is 0 Å². The van der Waals surface area contributed by atoms with Crippen molar-refractivity contribution in [3.05, 3.63) is 47.8 Å². The Balaban J connectivity index is 0.000000245. The summed E-state index contributed by atoms with van der Waals surface area (Å²) in [7, 11) is 0. The highest BCUT2D eigenvalue weighted by molar-refractivity contribution is 5.82. The quantitative estimate of drug-likeness (QED) is 0.174. The van der Waals surface area contributed by atoms with E-state index in [1.54, 1.807) is 26.0 Å². The zero-order valence-electron chi connectivity index (χ0n) is 24.6. The molecule has 4 rings (SSSR count). The number of hydrogen-bond donors (Lipinski definition) is 4. The summed E-state index contributed by atoms with van der Waals surface area (Å²) in [6.45, 7) is 13.1. The maximum Gasteiger partial charge on any atom is 0.416 e. The van der Waals surface area contributed by atoms with Gasteiger partial charge in [-0.2, -0.15) is 13.2 Å². The third-order valence-corrected chi connectivity index (χ3v) is 7.01. The molecule has 0 aliphatic carbocycles. The number of aromatic amines is 1. The number of ether oxygens (including phenoxy) is 2. The van der Waals surface area contributed by atoms with Gasteiger partial charge in [0.25, 0.3) is 0 Å². The summed E-state index contributed by atoms with van der Waals surface area (Å²) < 4.78 is 49.7. The van der Waals surface area contributed by atoms with Gasteiger partial charge in [-0.15, -0.1) is 0 Å². The number of halogens is 3. The van der Waals surface area contributed by atoms with E-state index in [4.69, 9.17) is 9.47 Å². The average molecular weight is 581 g/mol. The molecule has 0 spiro atoms. The number of rotatable bonds is 10. The Morgan fingerprint density at radius 1 is 1.10 bits per heavy atom. The van der Waals surface area contributed by atoms with Crippen LogP contribution in [0.1, 0.15) is 51.8 Å². The van der Waals surface area contributed by atoms with E-state index in [-0.39, 0.29) is 5.75 Å². The predicted molar refractivity (Wildman–Crippen MR) is 156 cm³/mol. The minimum absolute atomic E-state index is 0.101. The van der Waals surface area contributed by atoms with E-state index in [1.165, 1.54) is 17.1 Å². The molecule has 3 aromatic rings. The molecule has 0 radical (unpaired) electrons. The molecule has 228 valence electrons. The van der Waals surface area contributed by atoms with E-state index < -0.39 is 23.6 Å². The van der Waals surface area contributed by atoms with Gasteiger partial charge < -0.3 is 34.9 Å². The van der Waals surface area contributed by atoms with Gasteiger partial charge in [0.15, 0.2) is 5.60 Å². The Kier molecular flexibility index (Phi) is 10.9.